The van der Waals surface area contributed by atoms with E-state index in [1.165, 1.54) is 0 Å². The number of amides is 2. The Hall–Kier alpha value is -1.06. The van der Waals surface area contributed by atoms with Gasteiger partial charge in [-0.1, -0.05) is 0 Å². The van der Waals surface area contributed by atoms with Crippen molar-refractivity contribution in [2.24, 2.45) is 0 Å². The first-order chi connectivity index (χ1) is 3.18. The molecule has 0 heterocycles. The maximum Gasteiger partial charge on any atom is 0.413 e. The smallest absolute Gasteiger partial charge is 0.413 e. The van der Waals surface area contributed by atoms with Gasteiger partial charge in [0.05, 0.1) is 0 Å². The van der Waals surface area contributed by atoms with Crippen LogP contribution in [0.5, 0.6) is 0 Å². The van der Waals surface area contributed by atoms with E-state index in [4.69, 9.17) is 5.11 Å². The average molecular weight is 103 g/mol. The topological polar surface area (TPSA) is 57.6 Å². The fraction of sp³-hybridized carbons (Fsp3) is 0.333. The highest BCUT2D eigenvalue weighted by Crippen LogP contribution is 1.71. The summed E-state index contributed by atoms with van der Waals surface area (Å²) in [7, 11) is 1.16. The van der Waals surface area contributed by atoms with Crippen LogP contribution in [0.15, 0.2) is 0 Å². The van der Waals surface area contributed by atoms with E-state index in [0.29, 0.717) is 4.90 Å². The predicted octanol–water partition coefficient (Wildman–Crippen LogP) is -0.247. The zero-order valence-electron chi connectivity index (χ0n) is 3.79. The molecular weight excluding hydrogens is 98.0 g/mol. The lowest BCUT2D eigenvalue weighted by Gasteiger charge is -1.97. The minimum absolute atomic E-state index is 0.225. The van der Waals surface area contributed by atoms with Gasteiger partial charge in [-0.2, -0.15) is 0 Å². The second-order valence-corrected chi connectivity index (χ2v) is 0.999. The predicted molar refractivity (Wildman–Crippen MR) is 21.9 cm³/mol. The Morgan fingerprint density at radius 3 is 2.29 bits per heavy atom. The van der Waals surface area contributed by atoms with Crippen LogP contribution in [0.3, 0.4) is 0 Å². The normalized spacial score (nSPS) is 7.57. The zero-order valence-corrected chi connectivity index (χ0v) is 3.79. The Morgan fingerprint density at radius 1 is 1.86 bits per heavy atom. The molecule has 0 bridgehead atoms. The molecule has 0 aliphatic carbocycles. The molecule has 40 valence electrons. The monoisotopic (exact) mass is 103 g/mol. The van der Waals surface area contributed by atoms with Crippen LogP contribution in [0.2, 0.25) is 0 Å². The van der Waals surface area contributed by atoms with Crippen molar-refractivity contribution in [2.45, 2.75) is 0 Å². The Morgan fingerprint density at radius 2 is 2.29 bits per heavy atom. The van der Waals surface area contributed by atoms with Gasteiger partial charge in [0.25, 0.3) is 0 Å². The molecule has 1 N–H and O–H groups in total. The molecule has 0 atom stereocenters. The zero-order chi connectivity index (χ0) is 5.86. The molecule has 0 aliphatic rings. The molecule has 0 aromatic rings. The molecular formula is C3H5NO3. The lowest BCUT2D eigenvalue weighted by Crippen LogP contribution is -2.22. The maximum absolute atomic E-state index is 9.62. The molecule has 0 radical (unpaired) electrons. The van der Waals surface area contributed by atoms with Gasteiger partial charge in [0.1, 0.15) is 0 Å². The number of carbonyl (C=O) groups is 2. The number of hydrogen-bond acceptors (Lipinski definition) is 2. The molecule has 2 amide bonds. The van der Waals surface area contributed by atoms with Gasteiger partial charge in [0.15, 0.2) is 0 Å². The molecule has 0 fully saturated rings. The summed E-state index contributed by atoms with van der Waals surface area (Å²) < 4.78 is 0. The van der Waals surface area contributed by atoms with E-state index in [9.17, 15) is 9.59 Å². The summed E-state index contributed by atoms with van der Waals surface area (Å²) in [6.07, 6.45) is -1.02. The van der Waals surface area contributed by atoms with Crippen LogP contribution in [-0.2, 0) is 4.79 Å². The van der Waals surface area contributed by atoms with Crippen molar-refractivity contribution in [2.75, 3.05) is 7.05 Å². The van der Waals surface area contributed by atoms with Gasteiger partial charge in [0.2, 0.25) is 6.41 Å². The molecule has 4 heteroatoms. The summed E-state index contributed by atoms with van der Waals surface area (Å²) in [6, 6.07) is 0. The minimum atomic E-state index is -1.24. The number of carboxylic acid groups (broad SMARTS) is 1. The van der Waals surface area contributed by atoms with E-state index >= 15 is 0 Å². The molecule has 0 saturated heterocycles. The van der Waals surface area contributed by atoms with E-state index in [2.05, 4.69) is 0 Å². The molecule has 0 unspecified atom stereocenters. The molecule has 0 saturated carbocycles. The molecule has 7 heavy (non-hydrogen) atoms. The second kappa shape index (κ2) is 2.17. The molecule has 0 spiro atoms. The van der Waals surface area contributed by atoms with Crippen LogP contribution < -0.4 is 0 Å². The van der Waals surface area contributed by atoms with Gasteiger partial charge in [-0.3, -0.25) is 9.69 Å². The van der Waals surface area contributed by atoms with Gasteiger partial charge in [0, 0.05) is 7.05 Å². The van der Waals surface area contributed by atoms with Crippen molar-refractivity contribution < 1.29 is 14.7 Å². The summed E-state index contributed by atoms with van der Waals surface area (Å²) in [5.74, 6) is 0. The number of carbonyl (C=O) groups excluding carboxylic acids is 1. The van der Waals surface area contributed by atoms with Gasteiger partial charge < -0.3 is 5.11 Å². The number of imide groups is 1. The SMILES string of the molecule is CN(C=O)C(=O)O. The van der Waals surface area contributed by atoms with Crippen molar-refractivity contribution in [1.29, 1.82) is 0 Å². The summed E-state index contributed by atoms with van der Waals surface area (Å²) >= 11 is 0. The number of rotatable bonds is 1. The average Bonchev–Trinajstić information content (AvgIpc) is 1.65. The van der Waals surface area contributed by atoms with Gasteiger partial charge >= 0.3 is 6.09 Å². The highest BCUT2D eigenvalue weighted by Gasteiger charge is 1.98. The van der Waals surface area contributed by atoms with Crippen molar-refractivity contribution in [1.82, 2.24) is 4.90 Å². The van der Waals surface area contributed by atoms with E-state index in [1.54, 1.807) is 0 Å². The Balaban J connectivity index is 3.55. The number of hydrogen-bond donors (Lipinski definition) is 1. The highest BCUT2D eigenvalue weighted by atomic mass is 16.4. The molecule has 0 aliphatic heterocycles. The molecule has 0 aromatic heterocycles. The molecule has 4 nitrogen and oxygen atoms in total. The van der Waals surface area contributed by atoms with Gasteiger partial charge in [-0.15, -0.1) is 0 Å². The second-order valence-electron chi connectivity index (χ2n) is 0.999. The van der Waals surface area contributed by atoms with Crippen molar-refractivity contribution in [3.63, 3.8) is 0 Å². The first-order valence-corrected chi connectivity index (χ1v) is 1.59. The third kappa shape index (κ3) is 1.75. The largest absolute Gasteiger partial charge is 0.465 e. The van der Waals surface area contributed by atoms with Crippen molar-refractivity contribution >= 4 is 12.5 Å². The fourth-order valence-corrected chi connectivity index (χ4v) is 0.0451. The quantitative estimate of drug-likeness (QED) is 0.465. The summed E-state index contributed by atoms with van der Waals surface area (Å²) in [5.41, 5.74) is 0. The van der Waals surface area contributed by atoms with E-state index in [0.717, 1.165) is 7.05 Å². The van der Waals surface area contributed by atoms with E-state index in [-0.39, 0.29) is 6.41 Å². The Kier molecular flexibility index (Phi) is 1.84. The third-order valence-corrected chi connectivity index (χ3v) is 0.460. The van der Waals surface area contributed by atoms with Crippen LogP contribution in [0.1, 0.15) is 0 Å². The molecule has 0 rings (SSSR count). The summed E-state index contributed by atoms with van der Waals surface area (Å²) in [4.78, 5) is 19.6. The highest BCUT2D eigenvalue weighted by molar-refractivity contribution is 5.77. The Labute approximate surface area is 40.3 Å². The summed E-state index contributed by atoms with van der Waals surface area (Å²) in [6.45, 7) is 0. The first kappa shape index (κ1) is 5.94. The summed E-state index contributed by atoms with van der Waals surface area (Å²) in [5, 5.41) is 7.88. The first-order valence-electron chi connectivity index (χ1n) is 1.59. The van der Waals surface area contributed by atoms with Crippen LogP contribution in [0.4, 0.5) is 4.79 Å². The fourth-order valence-electron chi connectivity index (χ4n) is 0.0451. The minimum Gasteiger partial charge on any atom is -0.465 e. The van der Waals surface area contributed by atoms with E-state index in [1.807, 2.05) is 0 Å². The maximum atomic E-state index is 9.62. The Bertz CT molecular complexity index is 90.2. The molecule has 0 aromatic carbocycles. The lowest BCUT2D eigenvalue weighted by molar-refractivity contribution is -0.115. The van der Waals surface area contributed by atoms with Crippen LogP contribution in [0.25, 0.3) is 0 Å². The van der Waals surface area contributed by atoms with Gasteiger partial charge in [-0.25, -0.2) is 4.79 Å². The van der Waals surface area contributed by atoms with E-state index < -0.39 is 6.09 Å². The number of nitrogens with zero attached hydrogens (tertiary/aromatic N) is 1. The standard InChI is InChI=1S/C3H5NO3/c1-4(2-5)3(6)7/h2H,1H3,(H,6,7). The lowest BCUT2D eigenvalue weighted by atomic mass is 10.9. The van der Waals surface area contributed by atoms with Gasteiger partial charge in [-0.05, 0) is 0 Å². The van der Waals surface area contributed by atoms with Crippen LogP contribution in [0, 0.1) is 0 Å². The van der Waals surface area contributed by atoms with Crippen LogP contribution >= 0.6 is 0 Å². The third-order valence-electron chi connectivity index (χ3n) is 0.460. The van der Waals surface area contributed by atoms with Crippen molar-refractivity contribution in [3.05, 3.63) is 0 Å². The van der Waals surface area contributed by atoms with Crippen molar-refractivity contribution in [3.8, 4) is 0 Å². The van der Waals surface area contributed by atoms with Crippen LogP contribution in [-0.4, -0.2) is 29.6 Å².